The van der Waals surface area contributed by atoms with E-state index in [1.165, 1.54) is 17.0 Å². The van der Waals surface area contributed by atoms with E-state index < -0.39 is 15.9 Å². The zero-order valence-electron chi connectivity index (χ0n) is 16.8. The molecule has 0 spiro atoms. The summed E-state index contributed by atoms with van der Waals surface area (Å²) in [5.74, 6) is -0.469. The predicted octanol–water partition coefficient (Wildman–Crippen LogP) is 0.971. The maximum Gasteiger partial charge on any atom is 0.264 e. The van der Waals surface area contributed by atoms with E-state index >= 15 is 0 Å². The number of hydrazone groups is 1. The number of carbonyl (C=O) groups is 1. The van der Waals surface area contributed by atoms with Gasteiger partial charge in [0.05, 0.1) is 30.7 Å². The first-order valence-corrected chi connectivity index (χ1v) is 11.1. The van der Waals surface area contributed by atoms with Gasteiger partial charge in [-0.25, -0.2) is 13.8 Å². The highest BCUT2D eigenvalue weighted by atomic mass is 32.2. The van der Waals surface area contributed by atoms with Crippen LogP contribution in [0.25, 0.3) is 0 Å². The van der Waals surface area contributed by atoms with Crippen molar-refractivity contribution in [3.8, 4) is 0 Å². The smallest absolute Gasteiger partial charge is 0.264 e. The van der Waals surface area contributed by atoms with Crippen molar-refractivity contribution >= 4 is 27.3 Å². The van der Waals surface area contributed by atoms with Crippen molar-refractivity contribution < 1.29 is 18.1 Å². The number of piperidine rings is 1. The number of quaternary nitrogens is 1. The van der Waals surface area contributed by atoms with E-state index in [0.29, 0.717) is 5.69 Å². The van der Waals surface area contributed by atoms with Gasteiger partial charge in [0.15, 0.2) is 0 Å². The van der Waals surface area contributed by atoms with Crippen molar-refractivity contribution in [3.05, 3.63) is 60.2 Å². The van der Waals surface area contributed by atoms with Crippen LogP contribution in [0.5, 0.6) is 0 Å². The molecule has 3 rings (SSSR count). The third kappa shape index (κ3) is 5.42. The number of nitrogens with one attached hydrogen (secondary N) is 2. The Balaban J connectivity index is 1.81. The molecule has 0 saturated carbocycles. The molecule has 29 heavy (non-hydrogen) atoms. The van der Waals surface area contributed by atoms with Gasteiger partial charge < -0.3 is 4.90 Å². The van der Waals surface area contributed by atoms with E-state index in [4.69, 9.17) is 0 Å². The molecule has 0 aromatic heterocycles. The summed E-state index contributed by atoms with van der Waals surface area (Å²) in [6.07, 6.45) is 1.66. The molecule has 1 heterocycles. The Kier molecular flexibility index (Phi) is 6.66. The molecule has 1 saturated heterocycles. The van der Waals surface area contributed by atoms with Crippen LogP contribution in [0.3, 0.4) is 0 Å². The number of likely N-dealkylation sites (tertiary alicyclic amines) is 1. The van der Waals surface area contributed by atoms with Gasteiger partial charge in [-0.1, -0.05) is 35.9 Å². The Morgan fingerprint density at radius 3 is 2.31 bits per heavy atom. The van der Waals surface area contributed by atoms with Crippen molar-refractivity contribution in [1.29, 1.82) is 0 Å². The molecule has 7 nitrogen and oxygen atoms in total. The molecule has 1 aliphatic rings. The largest absolute Gasteiger partial charge is 0.337 e. The molecule has 1 aliphatic heterocycles. The normalized spacial score (nSPS) is 16.9. The summed E-state index contributed by atoms with van der Waals surface area (Å²) in [4.78, 5) is 14.1. The maximum atomic E-state index is 13.2. The zero-order valence-corrected chi connectivity index (χ0v) is 17.6. The fourth-order valence-corrected chi connectivity index (χ4v) is 4.57. The molecule has 2 aromatic carbocycles. The van der Waals surface area contributed by atoms with Crippen LogP contribution < -0.4 is 14.6 Å². The molecule has 0 atom stereocenters. The number of carbonyl (C=O) groups excluding carboxylic acids is 1. The minimum atomic E-state index is -3.89. The lowest BCUT2D eigenvalue weighted by Gasteiger charge is -2.24. The minimum absolute atomic E-state index is 0.137. The molecule has 1 amide bonds. The summed E-state index contributed by atoms with van der Waals surface area (Å²) >= 11 is 0. The SMILES string of the molecule is Cc1ccc(N(CC(=O)NN=C2CC[NH+](C)CC2)S(=O)(=O)c2ccccc2)cc1. The molecule has 154 valence electrons. The van der Waals surface area contributed by atoms with Crippen LogP contribution in [0.15, 0.2) is 64.6 Å². The molecule has 2 aromatic rings. The molecule has 8 heteroatoms. The first kappa shape index (κ1) is 21.0. The van der Waals surface area contributed by atoms with E-state index in [1.807, 2.05) is 19.1 Å². The van der Waals surface area contributed by atoms with Gasteiger partial charge in [-0.3, -0.25) is 9.10 Å². The number of hydrogen-bond acceptors (Lipinski definition) is 4. The number of anilines is 1. The summed E-state index contributed by atoms with van der Waals surface area (Å²) in [5.41, 5.74) is 4.92. The summed E-state index contributed by atoms with van der Waals surface area (Å²) in [5, 5.41) is 4.22. The van der Waals surface area contributed by atoms with Gasteiger partial charge in [0, 0.05) is 18.6 Å². The van der Waals surface area contributed by atoms with Crippen LogP contribution in [0.1, 0.15) is 18.4 Å². The Hall–Kier alpha value is -2.71. The van der Waals surface area contributed by atoms with Gasteiger partial charge in [-0.2, -0.15) is 5.10 Å². The van der Waals surface area contributed by atoms with Gasteiger partial charge in [-0.15, -0.1) is 0 Å². The summed E-state index contributed by atoms with van der Waals surface area (Å²) in [6, 6.07) is 15.2. The number of amides is 1. The van der Waals surface area contributed by atoms with Gasteiger partial charge in [0.25, 0.3) is 15.9 Å². The number of aryl methyl sites for hydroxylation is 1. The fourth-order valence-electron chi connectivity index (χ4n) is 3.13. The Morgan fingerprint density at radius 2 is 1.69 bits per heavy atom. The first-order valence-electron chi connectivity index (χ1n) is 9.66. The molecule has 0 unspecified atom stereocenters. The highest BCUT2D eigenvalue weighted by Crippen LogP contribution is 2.23. The van der Waals surface area contributed by atoms with Gasteiger partial charge in [-0.05, 0) is 31.2 Å². The van der Waals surface area contributed by atoms with Crippen molar-refractivity contribution in [2.75, 3.05) is 31.0 Å². The number of sulfonamides is 1. The van der Waals surface area contributed by atoms with Crippen molar-refractivity contribution in [2.45, 2.75) is 24.7 Å². The second kappa shape index (κ2) is 9.19. The second-order valence-electron chi connectivity index (χ2n) is 7.33. The van der Waals surface area contributed by atoms with E-state index in [0.717, 1.165) is 41.5 Å². The van der Waals surface area contributed by atoms with Crippen LogP contribution in [0.2, 0.25) is 0 Å². The molecule has 0 radical (unpaired) electrons. The van der Waals surface area contributed by atoms with Gasteiger partial charge >= 0.3 is 0 Å². The molecule has 1 fully saturated rings. The Bertz CT molecular complexity index is 963. The lowest BCUT2D eigenvalue weighted by atomic mass is 10.1. The average molecular weight is 416 g/mol. The van der Waals surface area contributed by atoms with Crippen LogP contribution >= 0.6 is 0 Å². The van der Waals surface area contributed by atoms with Gasteiger partial charge in [0.1, 0.15) is 6.54 Å². The summed E-state index contributed by atoms with van der Waals surface area (Å²) in [6.45, 7) is 3.54. The monoisotopic (exact) mass is 415 g/mol. The summed E-state index contributed by atoms with van der Waals surface area (Å²) < 4.78 is 27.5. The van der Waals surface area contributed by atoms with E-state index in [9.17, 15) is 13.2 Å². The molecule has 2 N–H and O–H groups in total. The third-order valence-corrected chi connectivity index (χ3v) is 6.75. The molecular formula is C21H27N4O3S+. The number of hydrogen-bond donors (Lipinski definition) is 2. The molecule has 0 bridgehead atoms. The topological polar surface area (TPSA) is 83.3 Å². The number of rotatable bonds is 6. The first-order chi connectivity index (χ1) is 13.9. The van der Waals surface area contributed by atoms with E-state index in [-0.39, 0.29) is 11.4 Å². The fraction of sp³-hybridized carbons (Fsp3) is 0.333. The van der Waals surface area contributed by atoms with Gasteiger partial charge in [0.2, 0.25) is 0 Å². The standard InChI is InChI=1S/C21H26N4O3S/c1-17-8-10-19(11-9-17)25(29(27,28)20-6-4-3-5-7-20)16-21(26)23-22-18-12-14-24(2)15-13-18/h3-11H,12-16H2,1-2H3,(H,23,26)/p+1. The van der Waals surface area contributed by atoms with Crippen LogP contribution in [0.4, 0.5) is 5.69 Å². The molecule has 0 aliphatic carbocycles. The Morgan fingerprint density at radius 1 is 1.07 bits per heavy atom. The highest BCUT2D eigenvalue weighted by molar-refractivity contribution is 7.92. The Labute approximate surface area is 172 Å². The quantitative estimate of drug-likeness (QED) is 0.690. The second-order valence-corrected chi connectivity index (χ2v) is 9.19. The zero-order chi connectivity index (χ0) is 20.9. The lowest BCUT2D eigenvalue weighted by molar-refractivity contribution is -0.880. The van der Waals surface area contributed by atoms with Crippen LogP contribution in [0, 0.1) is 6.92 Å². The van der Waals surface area contributed by atoms with E-state index in [1.54, 1.807) is 30.3 Å². The van der Waals surface area contributed by atoms with E-state index in [2.05, 4.69) is 17.6 Å². The average Bonchev–Trinajstić information content (AvgIpc) is 2.73. The predicted molar refractivity (Wildman–Crippen MR) is 114 cm³/mol. The van der Waals surface area contributed by atoms with Crippen molar-refractivity contribution in [1.82, 2.24) is 5.43 Å². The third-order valence-electron chi connectivity index (χ3n) is 4.96. The summed E-state index contributed by atoms with van der Waals surface area (Å²) in [7, 11) is -1.76. The molecular weight excluding hydrogens is 388 g/mol. The maximum absolute atomic E-state index is 13.2. The van der Waals surface area contributed by atoms with Crippen LogP contribution in [-0.2, 0) is 14.8 Å². The minimum Gasteiger partial charge on any atom is -0.337 e. The highest BCUT2D eigenvalue weighted by Gasteiger charge is 2.27. The number of nitrogens with zero attached hydrogens (tertiary/aromatic N) is 2. The lowest BCUT2D eigenvalue weighted by Crippen LogP contribution is -3.10. The van der Waals surface area contributed by atoms with Crippen molar-refractivity contribution in [3.63, 3.8) is 0 Å². The van der Waals surface area contributed by atoms with Crippen LogP contribution in [-0.4, -0.2) is 46.7 Å². The number of benzene rings is 2. The van der Waals surface area contributed by atoms with Crippen molar-refractivity contribution in [2.24, 2.45) is 5.10 Å².